The van der Waals surface area contributed by atoms with Crippen LogP contribution in [-0.4, -0.2) is 12.0 Å². The van der Waals surface area contributed by atoms with Gasteiger partial charge in [0, 0.05) is 11.6 Å². The predicted octanol–water partition coefficient (Wildman–Crippen LogP) is 2.63. The van der Waals surface area contributed by atoms with Gasteiger partial charge in [0.05, 0.1) is 19.1 Å². The molecule has 0 spiro atoms. The molecule has 3 N–H and O–H groups in total. The van der Waals surface area contributed by atoms with Crippen molar-refractivity contribution in [1.82, 2.24) is 5.32 Å². The summed E-state index contributed by atoms with van der Waals surface area (Å²) < 4.78 is 4.97. The molecular weight excluding hydrogens is 329 g/mol. The smallest absolute Gasteiger partial charge is 0.189 e. The molecule has 2 rings (SSSR count). The fourth-order valence-corrected chi connectivity index (χ4v) is 2.06. The summed E-state index contributed by atoms with van der Waals surface area (Å²) in [5.41, 5.74) is 6.88. The summed E-state index contributed by atoms with van der Waals surface area (Å²) in [6, 6.07) is 2.42. The second-order valence-electron chi connectivity index (χ2n) is 4.31. The van der Waals surface area contributed by atoms with Gasteiger partial charge in [-0.25, -0.2) is 4.99 Å². The van der Waals surface area contributed by atoms with Crippen molar-refractivity contribution in [3.8, 4) is 0 Å². The summed E-state index contributed by atoms with van der Waals surface area (Å²) in [7, 11) is 0. The normalized spacial score (nSPS) is 17.5. The maximum atomic E-state index is 5.83. The SMILES string of the molecule is I.NC(=NCc1ccoc1)NC1CCCCC1. The van der Waals surface area contributed by atoms with E-state index in [0.29, 0.717) is 18.5 Å². The molecule has 0 saturated heterocycles. The number of nitrogens with zero attached hydrogens (tertiary/aromatic N) is 1. The van der Waals surface area contributed by atoms with Crippen LogP contribution in [0.4, 0.5) is 0 Å². The third-order valence-electron chi connectivity index (χ3n) is 2.97. The molecule has 0 unspecified atom stereocenters. The van der Waals surface area contributed by atoms with Gasteiger partial charge in [0.15, 0.2) is 5.96 Å². The zero-order valence-corrected chi connectivity index (χ0v) is 12.2. The van der Waals surface area contributed by atoms with Gasteiger partial charge < -0.3 is 15.5 Å². The maximum absolute atomic E-state index is 5.83. The Hall–Kier alpha value is -0.720. The third-order valence-corrected chi connectivity index (χ3v) is 2.97. The van der Waals surface area contributed by atoms with E-state index in [1.54, 1.807) is 12.5 Å². The fourth-order valence-electron chi connectivity index (χ4n) is 2.06. The van der Waals surface area contributed by atoms with E-state index in [2.05, 4.69) is 10.3 Å². The predicted molar refractivity (Wildman–Crippen MR) is 79.5 cm³/mol. The summed E-state index contributed by atoms with van der Waals surface area (Å²) in [4.78, 5) is 4.28. The molecule has 1 saturated carbocycles. The van der Waals surface area contributed by atoms with Crippen LogP contribution in [0.15, 0.2) is 28.0 Å². The number of rotatable bonds is 3. The fraction of sp³-hybridized carbons (Fsp3) is 0.583. The lowest BCUT2D eigenvalue weighted by Crippen LogP contribution is -2.41. The molecule has 96 valence electrons. The highest BCUT2D eigenvalue weighted by molar-refractivity contribution is 14.0. The number of halogens is 1. The molecule has 1 aromatic rings. The Morgan fingerprint density at radius 1 is 1.41 bits per heavy atom. The molecule has 0 amide bonds. The first-order valence-corrected chi connectivity index (χ1v) is 5.92. The van der Waals surface area contributed by atoms with E-state index >= 15 is 0 Å². The zero-order valence-electron chi connectivity index (χ0n) is 9.89. The van der Waals surface area contributed by atoms with Crippen molar-refractivity contribution in [2.24, 2.45) is 10.7 Å². The van der Waals surface area contributed by atoms with Gasteiger partial charge in [-0.3, -0.25) is 0 Å². The standard InChI is InChI=1S/C12H19N3O.HI/c13-12(14-8-10-6-7-16-9-10)15-11-4-2-1-3-5-11;/h6-7,9,11H,1-5,8H2,(H3,13,14,15);1H. The number of nitrogens with two attached hydrogens (primary N) is 1. The summed E-state index contributed by atoms with van der Waals surface area (Å²) in [5.74, 6) is 0.549. The van der Waals surface area contributed by atoms with Crippen molar-refractivity contribution >= 4 is 29.9 Å². The van der Waals surface area contributed by atoms with E-state index in [9.17, 15) is 0 Å². The molecule has 1 heterocycles. The van der Waals surface area contributed by atoms with Gasteiger partial charge in [-0.2, -0.15) is 0 Å². The van der Waals surface area contributed by atoms with Gasteiger partial charge in [0.2, 0.25) is 0 Å². The second kappa shape index (κ2) is 7.58. The highest BCUT2D eigenvalue weighted by Gasteiger charge is 2.13. The first kappa shape index (κ1) is 14.3. The average Bonchev–Trinajstić information content (AvgIpc) is 2.81. The van der Waals surface area contributed by atoms with Gasteiger partial charge >= 0.3 is 0 Å². The van der Waals surface area contributed by atoms with Crippen molar-refractivity contribution in [2.45, 2.75) is 44.7 Å². The number of aliphatic imine (C=N–C) groups is 1. The minimum Gasteiger partial charge on any atom is -0.472 e. The van der Waals surface area contributed by atoms with E-state index in [1.165, 1.54) is 32.1 Å². The number of hydrogen-bond acceptors (Lipinski definition) is 2. The molecule has 5 heteroatoms. The van der Waals surface area contributed by atoms with Crippen LogP contribution in [0.25, 0.3) is 0 Å². The highest BCUT2D eigenvalue weighted by atomic mass is 127. The molecule has 0 atom stereocenters. The van der Waals surface area contributed by atoms with Gasteiger partial charge in [0.25, 0.3) is 0 Å². The van der Waals surface area contributed by atoms with E-state index in [0.717, 1.165) is 5.56 Å². The van der Waals surface area contributed by atoms with Crippen LogP contribution in [0.3, 0.4) is 0 Å². The van der Waals surface area contributed by atoms with Crippen LogP contribution in [0.2, 0.25) is 0 Å². The zero-order chi connectivity index (χ0) is 11.2. The highest BCUT2D eigenvalue weighted by Crippen LogP contribution is 2.17. The molecule has 0 radical (unpaired) electrons. The summed E-state index contributed by atoms with van der Waals surface area (Å²) >= 11 is 0. The Morgan fingerprint density at radius 2 is 2.18 bits per heavy atom. The van der Waals surface area contributed by atoms with Crippen LogP contribution in [0, 0.1) is 0 Å². The maximum Gasteiger partial charge on any atom is 0.189 e. The lowest BCUT2D eigenvalue weighted by atomic mass is 9.96. The van der Waals surface area contributed by atoms with Crippen LogP contribution < -0.4 is 11.1 Å². The van der Waals surface area contributed by atoms with E-state index < -0.39 is 0 Å². The van der Waals surface area contributed by atoms with Gasteiger partial charge in [0.1, 0.15) is 0 Å². The van der Waals surface area contributed by atoms with Crippen molar-refractivity contribution < 1.29 is 4.42 Å². The van der Waals surface area contributed by atoms with Gasteiger partial charge in [-0.05, 0) is 18.9 Å². The molecule has 1 aliphatic rings. The number of nitrogens with one attached hydrogen (secondary N) is 1. The van der Waals surface area contributed by atoms with E-state index in [4.69, 9.17) is 10.2 Å². The summed E-state index contributed by atoms with van der Waals surface area (Å²) in [6.07, 6.45) is 9.71. The molecule has 0 bridgehead atoms. The Kier molecular flexibility index (Phi) is 6.39. The van der Waals surface area contributed by atoms with E-state index in [1.807, 2.05) is 6.07 Å². The molecule has 1 fully saturated rings. The average molecular weight is 349 g/mol. The van der Waals surface area contributed by atoms with Crippen LogP contribution in [0.1, 0.15) is 37.7 Å². The minimum atomic E-state index is 0. The molecule has 0 aliphatic heterocycles. The van der Waals surface area contributed by atoms with Crippen LogP contribution >= 0.6 is 24.0 Å². The topological polar surface area (TPSA) is 63.5 Å². The molecule has 1 aromatic heterocycles. The molecule has 1 aliphatic carbocycles. The van der Waals surface area contributed by atoms with Crippen molar-refractivity contribution in [3.63, 3.8) is 0 Å². The number of furan rings is 1. The van der Waals surface area contributed by atoms with Crippen molar-refractivity contribution in [1.29, 1.82) is 0 Å². The van der Waals surface area contributed by atoms with Crippen LogP contribution in [0.5, 0.6) is 0 Å². The van der Waals surface area contributed by atoms with E-state index in [-0.39, 0.29) is 24.0 Å². The van der Waals surface area contributed by atoms with Crippen LogP contribution in [-0.2, 0) is 6.54 Å². The minimum absolute atomic E-state index is 0. The molecule has 17 heavy (non-hydrogen) atoms. The molecular formula is C12H20IN3O. The first-order chi connectivity index (χ1) is 7.84. The first-order valence-electron chi connectivity index (χ1n) is 5.92. The van der Waals surface area contributed by atoms with Gasteiger partial charge in [-0.1, -0.05) is 19.3 Å². The lowest BCUT2D eigenvalue weighted by Gasteiger charge is -2.23. The van der Waals surface area contributed by atoms with Crippen molar-refractivity contribution in [3.05, 3.63) is 24.2 Å². The lowest BCUT2D eigenvalue weighted by molar-refractivity contribution is 0.412. The number of guanidine groups is 1. The largest absolute Gasteiger partial charge is 0.472 e. The summed E-state index contributed by atoms with van der Waals surface area (Å²) in [5, 5.41) is 3.28. The Balaban J connectivity index is 0.00000144. The quantitative estimate of drug-likeness (QED) is 0.501. The molecule has 0 aromatic carbocycles. The Labute approximate surface area is 119 Å². The Morgan fingerprint density at radius 3 is 2.82 bits per heavy atom. The Bertz CT molecular complexity index is 332. The second-order valence-corrected chi connectivity index (χ2v) is 4.31. The third kappa shape index (κ3) is 4.97. The van der Waals surface area contributed by atoms with Crippen molar-refractivity contribution in [2.75, 3.05) is 0 Å². The van der Waals surface area contributed by atoms with Gasteiger partial charge in [-0.15, -0.1) is 24.0 Å². The summed E-state index contributed by atoms with van der Waals surface area (Å²) in [6.45, 7) is 0.585. The monoisotopic (exact) mass is 349 g/mol. The number of hydrogen-bond donors (Lipinski definition) is 2. The molecule has 4 nitrogen and oxygen atoms in total.